The Bertz CT molecular complexity index is 281. The summed E-state index contributed by atoms with van der Waals surface area (Å²) in [6.45, 7) is 6.49. The van der Waals surface area contributed by atoms with E-state index < -0.39 is 11.6 Å². The first-order valence-electron chi connectivity index (χ1n) is 6.38. The van der Waals surface area contributed by atoms with Crippen LogP contribution in [-0.4, -0.2) is 70.9 Å². The lowest BCUT2D eigenvalue weighted by Crippen LogP contribution is -2.53. The van der Waals surface area contributed by atoms with Crippen LogP contribution in [0.1, 0.15) is 19.8 Å². The summed E-state index contributed by atoms with van der Waals surface area (Å²) < 4.78 is 0. The molecule has 1 saturated carbocycles. The van der Waals surface area contributed by atoms with E-state index in [0.717, 1.165) is 32.1 Å². The van der Waals surface area contributed by atoms with E-state index in [9.17, 15) is 9.90 Å². The maximum atomic E-state index is 10.8. The number of nitrogens with zero attached hydrogens (tertiary/aromatic N) is 2. The van der Waals surface area contributed by atoms with E-state index in [-0.39, 0.29) is 6.54 Å². The maximum absolute atomic E-state index is 10.8. The van der Waals surface area contributed by atoms with Crippen LogP contribution in [0, 0.1) is 5.92 Å². The second kappa shape index (κ2) is 4.92. The third-order valence-electron chi connectivity index (χ3n) is 3.67. The first-order chi connectivity index (χ1) is 7.97. The smallest absolute Gasteiger partial charge is 0.336 e. The molecule has 17 heavy (non-hydrogen) atoms. The van der Waals surface area contributed by atoms with Gasteiger partial charge in [-0.3, -0.25) is 4.90 Å². The Morgan fingerprint density at radius 3 is 2.24 bits per heavy atom. The highest BCUT2D eigenvalue weighted by atomic mass is 16.4. The van der Waals surface area contributed by atoms with E-state index >= 15 is 0 Å². The van der Waals surface area contributed by atoms with Gasteiger partial charge in [0.05, 0.1) is 0 Å². The van der Waals surface area contributed by atoms with Gasteiger partial charge in [-0.2, -0.15) is 0 Å². The van der Waals surface area contributed by atoms with E-state index in [2.05, 4.69) is 4.90 Å². The van der Waals surface area contributed by atoms with Gasteiger partial charge in [-0.05, 0) is 25.7 Å². The number of aliphatic hydroxyl groups is 1. The molecule has 1 atom stereocenters. The van der Waals surface area contributed by atoms with Gasteiger partial charge < -0.3 is 15.1 Å². The zero-order valence-corrected chi connectivity index (χ0v) is 10.4. The molecule has 1 aliphatic carbocycles. The molecule has 0 aromatic carbocycles. The predicted molar refractivity (Wildman–Crippen MR) is 63.9 cm³/mol. The lowest BCUT2D eigenvalue weighted by Gasteiger charge is -2.37. The molecule has 5 nitrogen and oxygen atoms in total. The van der Waals surface area contributed by atoms with Crippen molar-refractivity contribution in [2.24, 2.45) is 5.92 Å². The van der Waals surface area contributed by atoms with Crippen LogP contribution >= 0.6 is 0 Å². The summed E-state index contributed by atoms with van der Waals surface area (Å²) in [6.07, 6.45) is 2.74. The van der Waals surface area contributed by atoms with E-state index in [1.54, 1.807) is 0 Å². The first-order valence-corrected chi connectivity index (χ1v) is 6.38. The quantitative estimate of drug-likeness (QED) is 0.702. The zero-order chi connectivity index (χ0) is 12.5. The minimum absolute atomic E-state index is 0.222. The van der Waals surface area contributed by atoms with Gasteiger partial charge in [-0.25, -0.2) is 4.79 Å². The van der Waals surface area contributed by atoms with Gasteiger partial charge in [0.25, 0.3) is 0 Å². The molecule has 5 heteroatoms. The molecule has 0 aromatic rings. The molecular weight excluding hydrogens is 220 g/mol. The number of β-amino-alcohol motifs (C(OH)–C–C–N with tert-alkyl or cyclic N) is 1. The third-order valence-corrected chi connectivity index (χ3v) is 3.67. The standard InChI is InChI=1S/C12H22N2O3/c1-12(17,11(15)16)9-14-6-4-13(5-7-14)8-10-2-3-10/h10,17H,2-9H2,1H3,(H,15,16). The van der Waals surface area contributed by atoms with Crippen molar-refractivity contribution in [2.75, 3.05) is 39.3 Å². The maximum Gasteiger partial charge on any atom is 0.336 e. The van der Waals surface area contributed by atoms with E-state index in [1.165, 1.54) is 26.3 Å². The van der Waals surface area contributed by atoms with Crippen molar-refractivity contribution < 1.29 is 15.0 Å². The second-order valence-electron chi connectivity index (χ2n) is 5.60. The number of rotatable bonds is 5. The summed E-state index contributed by atoms with van der Waals surface area (Å²) in [5, 5.41) is 18.6. The molecule has 0 bridgehead atoms. The highest BCUT2D eigenvalue weighted by molar-refractivity contribution is 5.76. The molecule has 0 aromatic heterocycles. The molecule has 0 spiro atoms. The largest absolute Gasteiger partial charge is 0.479 e. The van der Waals surface area contributed by atoms with Gasteiger partial charge in [-0.1, -0.05) is 0 Å². The molecule has 2 rings (SSSR count). The molecule has 0 amide bonds. The Hall–Kier alpha value is -0.650. The minimum atomic E-state index is -1.63. The average molecular weight is 242 g/mol. The summed E-state index contributed by atoms with van der Waals surface area (Å²) >= 11 is 0. The van der Waals surface area contributed by atoms with Crippen molar-refractivity contribution in [3.05, 3.63) is 0 Å². The summed E-state index contributed by atoms with van der Waals surface area (Å²) in [5.74, 6) is -0.235. The first kappa shape index (κ1) is 12.8. The minimum Gasteiger partial charge on any atom is -0.479 e. The number of carboxylic acid groups (broad SMARTS) is 1. The number of hydrogen-bond donors (Lipinski definition) is 2. The van der Waals surface area contributed by atoms with Crippen molar-refractivity contribution in [1.82, 2.24) is 9.80 Å². The number of piperazine rings is 1. The van der Waals surface area contributed by atoms with Gasteiger partial charge in [0.1, 0.15) is 0 Å². The Balaban J connectivity index is 1.72. The number of carbonyl (C=O) groups is 1. The summed E-state index contributed by atoms with van der Waals surface area (Å²) in [4.78, 5) is 15.3. The molecule has 1 aliphatic heterocycles. The van der Waals surface area contributed by atoms with Gasteiger partial charge >= 0.3 is 5.97 Å². The fourth-order valence-electron chi connectivity index (χ4n) is 2.30. The number of hydrogen-bond acceptors (Lipinski definition) is 4. The zero-order valence-electron chi connectivity index (χ0n) is 10.4. The molecule has 98 valence electrons. The van der Waals surface area contributed by atoms with E-state index in [4.69, 9.17) is 5.11 Å². The molecule has 1 unspecified atom stereocenters. The lowest BCUT2D eigenvalue weighted by atomic mass is 10.1. The van der Waals surface area contributed by atoms with Crippen LogP contribution in [0.2, 0.25) is 0 Å². The normalized spacial score (nSPS) is 26.7. The van der Waals surface area contributed by atoms with Gasteiger partial charge in [0.15, 0.2) is 5.60 Å². The fraction of sp³-hybridized carbons (Fsp3) is 0.917. The summed E-state index contributed by atoms with van der Waals surface area (Å²) in [7, 11) is 0. The van der Waals surface area contributed by atoms with Gasteiger partial charge in [0.2, 0.25) is 0 Å². The average Bonchev–Trinajstić information content (AvgIpc) is 3.04. The summed E-state index contributed by atoms with van der Waals surface area (Å²) in [5.41, 5.74) is -1.63. The van der Waals surface area contributed by atoms with Crippen molar-refractivity contribution in [3.8, 4) is 0 Å². The third kappa shape index (κ3) is 3.66. The molecule has 0 radical (unpaired) electrons. The van der Waals surface area contributed by atoms with Crippen LogP contribution in [0.3, 0.4) is 0 Å². The van der Waals surface area contributed by atoms with Crippen LogP contribution in [0.4, 0.5) is 0 Å². The van der Waals surface area contributed by atoms with Crippen LogP contribution in [0.25, 0.3) is 0 Å². The van der Waals surface area contributed by atoms with Crippen LogP contribution in [-0.2, 0) is 4.79 Å². The van der Waals surface area contributed by atoms with E-state index in [0.29, 0.717) is 0 Å². The summed E-state index contributed by atoms with van der Waals surface area (Å²) in [6, 6.07) is 0. The number of carboxylic acids is 1. The number of aliphatic carboxylic acids is 1. The molecule has 2 N–H and O–H groups in total. The lowest BCUT2D eigenvalue weighted by molar-refractivity contribution is -0.158. The van der Waals surface area contributed by atoms with Crippen molar-refractivity contribution in [2.45, 2.75) is 25.4 Å². The van der Waals surface area contributed by atoms with E-state index in [1.807, 2.05) is 4.90 Å². The molecule has 1 heterocycles. The monoisotopic (exact) mass is 242 g/mol. The van der Waals surface area contributed by atoms with Gasteiger partial charge in [0, 0.05) is 39.3 Å². The second-order valence-corrected chi connectivity index (χ2v) is 5.60. The Morgan fingerprint density at radius 1 is 1.24 bits per heavy atom. The van der Waals surface area contributed by atoms with Crippen LogP contribution < -0.4 is 0 Å². The van der Waals surface area contributed by atoms with Crippen molar-refractivity contribution in [1.29, 1.82) is 0 Å². The molecule has 2 aliphatic rings. The SMILES string of the molecule is CC(O)(CN1CCN(CC2CC2)CC1)C(=O)O. The Morgan fingerprint density at radius 2 is 1.76 bits per heavy atom. The van der Waals surface area contributed by atoms with Crippen molar-refractivity contribution in [3.63, 3.8) is 0 Å². The predicted octanol–water partition coefficient (Wildman–Crippen LogP) is -0.150. The topological polar surface area (TPSA) is 64.0 Å². The molecule has 1 saturated heterocycles. The Kier molecular flexibility index (Phi) is 3.70. The fourth-order valence-corrected chi connectivity index (χ4v) is 2.30. The molecular formula is C12H22N2O3. The van der Waals surface area contributed by atoms with Crippen molar-refractivity contribution >= 4 is 5.97 Å². The highest BCUT2D eigenvalue weighted by Gasteiger charge is 2.34. The molecule has 2 fully saturated rings. The van der Waals surface area contributed by atoms with Crippen LogP contribution in [0.15, 0.2) is 0 Å². The Labute approximate surface area is 102 Å². The van der Waals surface area contributed by atoms with Crippen LogP contribution in [0.5, 0.6) is 0 Å². The highest BCUT2D eigenvalue weighted by Crippen LogP contribution is 2.29. The van der Waals surface area contributed by atoms with Gasteiger partial charge in [-0.15, -0.1) is 0 Å².